The van der Waals surface area contributed by atoms with Gasteiger partial charge in [0.05, 0.1) is 7.11 Å². The Balaban J connectivity index is 2.55. The van der Waals surface area contributed by atoms with Crippen LogP contribution in [0.1, 0.15) is 27.2 Å². The Morgan fingerprint density at radius 3 is 2.22 bits per heavy atom. The highest BCUT2D eigenvalue weighted by molar-refractivity contribution is 5.84. The second-order valence-electron chi connectivity index (χ2n) is 5.54. The van der Waals surface area contributed by atoms with E-state index in [1.165, 1.54) is 0 Å². The molecule has 100 valence electrons. The first-order valence-electron chi connectivity index (χ1n) is 6.23. The van der Waals surface area contributed by atoms with Crippen LogP contribution in [0.15, 0.2) is 24.3 Å². The minimum atomic E-state index is -0.249. The predicted octanol–water partition coefficient (Wildman–Crippen LogP) is 3.14. The number of ketones is 1. The summed E-state index contributed by atoms with van der Waals surface area (Å²) in [5, 5.41) is 0. The number of ether oxygens (including phenoxy) is 1. The number of rotatable bonds is 5. The summed E-state index contributed by atoms with van der Waals surface area (Å²) in [4.78, 5) is 13.9. The minimum Gasteiger partial charge on any atom is -0.497 e. The molecule has 1 aromatic carbocycles. The summed E-state index contributed by atoms with van der Waals surface area (Å²) in [5.74, 6) is 1.14. The molecule has 0 aliphatic rings. The molecule has 0 saturated carbocycles. The Hall–Kier alpha value is -1.51. The Bertz CT molecular complexity index is 390. The number of carbonyl (C=O) groups excluding carboxylic acids is 1. The van der Waals surface area contributed by atoms with Crippen molar-refractivity contribution in [3.05, 3.63) is 24.3 Å². The van der Waals surface area contributed by atoms with Gasteiger partial charge in [-0.3, -0.25) is 4.79 Å². The average Bonchev–Trinajstić information content (AvgIpc) is 2.34. The van der Waals surface area contributed by atoms with Gasteiger partial charge < -0.3 is 9.64 Å². The lowest BCUT2D eigenvalue weighted by atomic mass is 9.89. The third-order valence-electron chi connectivity index (χ3n) is 3.02. The molecule has 0 aliphatic carbocycles. The molecule has 0 N–H and O–H groups in total. The SMILES string of the molecule is COc1ccc(N(C)CCC(=O)C(C)(C)C)cc1. The molecule has 0 atom stereocenters. The smallest absolute Gasteiger partial charge is 0.139 e. The summed E-state index contributed by atoms with van der Waals surface area (Å²) in [5.41, 5.74) is 0.846. The van der Waals surface area contributed by atoms with Crippen LogP contribution in [0, 0.1) is 5.41 Å². The zero-order chi connectivity index (χ0) is 13.8. The van der Waals surface area contributed by atoms with Gasteiger partial charge in [0.15, 0.2) is 0 Å². The Labute approximate surface area is 110 Å². The van der Waals surface area contributed by atoms with Crippen LogP contribution < -0.4 is 9.64 Å². The van der Waals surface area contributed by atoms with Gasteiger partial charge in [0.1, 0.15) is 11.5 Å². The molecule has 0 aliphatic heterocycles. The first-order chi connectivity index (χ1) is 8.34. The zero-order valence-corrected chi connectivity index (χ0v) is 12.0. The van der Waals surface area contributed by atoms with E-state index in [9.17, 15) is 4.79 Å². The van der Waals surface area contributed by atoms with Crippen molar-refractivity contribution in [1.82, 2.24) is 0 Å². The number of nitrogens with zero attached hydrogens (tertiary/aromatic N) is 1. The normalized spacial score (nSPS) is 11.2. The number of carbonyl (C=O) groups is 1. The van der Waals surface area contributed by atoms with Crippen LogP contribution in [-0.2, 0) is 4.79 Å². The highest BCUT2D eigenvalue weighted by atomic mass is 16.5. The quantitative estimate of drug-likeness (QED) is 0.803. The number of benzene rings is 1. The van der Waals surface area contributed by atoms with Crippen molar-refractivity contribution >= 4 is 11.5 Å². The van der Waals surface area contributed by atoms with Gasteiger partial charge in [-0.2, -0.15) is 0 Å². The fourth-order valence-electron chi connectivity index (χ4n) is 1.61. The molecule has 0 bridgehead atoms. The standard InChI is InChI=1S/C15H23NO2/c1-15(2,3)14(17)10-11-16(4)12-6-8-13(18-5)9-7-12/h6-9H,10-11H2,1-5H3. The van der Waals surface area contributed by atoms with Crippen molar-refractivity contribution in [3.63, 3.8) is 0 Å². The van der Waals surface area contributed by atoms with E-state index >= 15 is 0 Å². The molecule has 0 spiro atoms. The molecular weight excluding hydrogens is 226 g/mol. The first kappa shape index (κ1) is 14.6. The first-order valence-corrected chi connectivity index (χ1v) is 6.23. The van der Waals surface area contributed by atoms with E-state index in [0.29, 0.717) is 12.2 Å². The molecule has 0 heterocycles. The lowest BCUT2D eigenvalue weighted by molar-refractivity contribution is -0.126. The second-order valence-corrected chi connectivity index (χ2v) is 5.54. The Morgan fingerprint density at radius 2 is 1.78 bits per heavy atom. The highest BCUT2D eigenvalue weighted by Gasteiger charge is 2.20. The van der Waals surface area contributed by atoms with Crippen molar-refractivity contribution in [1.29, 1.82) is 0 Å². The fraction of sp³-hybridized carbons (Fsp3) is 0.533. The molecule has 0 unspecified atom stereocenters. The maximum Gasteiger partial charge on any atom is 0.139 e. The van der Waals surface area contributed by atoms with Crippen molar-refractivity contribution in [3.8, 4) is 5.75 Å². The predicted molar refractivity (Wildman–Crippen MR) is 75.3 cm³/mol. The van der Waals surface area contributed by atoms with E-state index < -0.39 is 0 Å². The van der Waals surface area contributed by atoms with E-state index in [2.05, 4.69) is 4.90 Å². The third kappa shape index (κ3) is 4.06. The third-order valence-corrected chi connectivity index (χ3v) is 3.02. The van der Waals surface area contributed by atoms with E-state index in [1.54, 1.807) is 7.11 Å². The summed E-state index contributed by atoms with van der Waals surface area (Å²) in [6.45, 7) is 6.62. The van der Waals surface area contributed by atoms with Crippen LogP contribution in [0.25, 0.3) is 0 Å². The summed E-state index contributed by atoms with van der Waals surface area (Å²) < 4.78 is 5.12. The Morgan fingerprint density at radius 1 is 1.22 bits per heavy atom. The topological polar surface area (TPSA) is 29.5 Å². The summed E-state index contributed by atoms with van der Waals surface area (Å²) in [7, 11) is 3.65. The van der Waals surface area contributed by atoms with E-state index in [1.807, 2.05) is 52.1 Å². The number of Topliss-reactive ketones (excluding diaryl/α,β-unsaturated/α-hetero) is 1. The molecular formula is C15H23NO2. The number of hydrogen-bond donors (Lipinski definition) is 0. The van der Waals surface area contributed by atoms with Gasteiger partial charge >= 0.3 is 0 Å². The van der Waals surface area contributed by atoms with Gasteiger partial charge in [0.2, 0.25) is 0 Å². The maximum absolute atomic E-state index is 11.9. The molecule has 3 nitrogen and oxygen atoms in total. The molecule has 0 saturated heterocycles. The van der Waals surface area contributed by atoms with Gasteiger partial charge in [0, 0.05) is 31.1 Å². The van der Waals surface area contributed by atoms with Crippen LogP contribution in [0.3, 0.4) is 0 Å². The second kappa shape index (κ2) is 5.89. The molecule has 1 aromatic rings. The lowest BCUT2D eigenvalue weighted by Gasteiger charge is -2.22. The summed E-state index contributed by atoms with van der Waals surface area (Å²) in [6.07, 6.45) is 0.575. The van der Waals surface area contributed by atoms with Crippen LogP contribution in [0.4, 0.5) is 5.69 Å². The number of hydrogen-bond acceptors (Lipinski definition) is 3. The fourth-order valence-corrected chi connectivity index (χ4v) is 1.61. The maximum atomic E-state index is 11.9. The van der Waals surface area contributed by atoms with Crippen LogP contribution in [-0.4, -0.2) is 26.5 Å². The molecule has 3 heteroatoms. The summed E-state index contributed by atoms with van der Waals surface area (Å²) >= 11 is 0. The van der Waals surface area contributed by atoms with Crippen molar-refractivity contribution in [2.24, 2.45) is 5.41 Å². The van der Waals surface area contributed by atoms with Gasteiger partial charge in [-0.15, -0.1) is 0 Å². The van der Waals surface area contributed by atoms with Crippen molar-refractivity contribution in [2.75, 3.05) is 25.6 Å². The van der Waals surface area contributed by atoms with Gasteiger partial charge in [-0.05, 0) is 24.3 Å². The van der Waals surface area contributed by atoms with Crippen LogP contribution in [0.2, 0.25) is 0 Å². The average molecular weight is 249 g/mol. The molecule has 0 aromatic heterocycles. The Kier molecular flexibility index (Phi) is 4.76. The van der Waals surface area contributed by atoms with Crippen molar-refractivity contribution < 1.29 is 9.53 Å². The van der Waals surface area contributed by atoms with Gasteiger partial charge in [-0.1, -0.05) is 20.8 Å². The highest BCUT2D eigenvalue weighted by Crippen LogP contribution is 2.20. The largest absolute Gasteiger partial charge is 0.497 e. The van der Waals surface area contributed by atoms with E-state index in [0.717, 1.165) is 18.0 Å². The lowest BCUT2D eigenvalue weighted by Crippen LogP contribution is -2.27. The van der Waals surface area contributed by atoms with Gasteiger partial charge in [0.25, 0.3) is 0 Å². The molecule has 18 heavy (non-hydrogen) atoms. The molecule has 0 amide bonds. The van der Waals surface area contributed by atoms with E-state index in [-0.39, 0.29) is 5.41 Å². The molecule has 0 fully saturated rings. The van der Waals surface area contributed by atoms with E-state index in [4.69, 9.17) is 4.74 Å². The summed E-state index contributed by atoms with van der Waals surface area (Å²) in [6, 6.07) is 7.86. The molecule has 0 radical (unpaired) electrons. The number of methoxy groups -OCH3 is 1. The van der Waals surface area contributed by atoms with Crippen LogP contribution >= 0.6 is 0 Å². The zero-order valence-electron chi connectivity index (χ0n) is 12.0. The minimum absolute atomic E-state index is 0.249. The van der Waals surface area contributed by atoms with Gasteiger partial charge in [-0.25, -0.2) is 0 Å². The molecule has 1 rings (SSSR count). The van der Waals surface area contributed by atoms with Crippen molar-refractivity contribution in [2.45, 2.75) is 27.2 Å². The monoisotopic (exact) mass is 249 g/mol. The van der Waals surface area contributed by atoms with Crippen LogP contribution in [0.5, 0.6) is 5.75 Å². The number of anilines is 1.